The van der Waals surface area contributed by atoms with Crippen LogP contribution in [0.15, 0.2) is 36.7 Å². The Morgan fingerprint density at radius 2 is 2.26 bits per heavy atom. The first kappa shape index (κ1) is 15.7. The number of rotatable bonds is 4. The highest BCUT2D eigenvalue weighted by molar-refractivity contribution is 7.89. The molecule has 2 aromatic rings. The second-order valence-electron chi connectivity index (χ2n) is 5.98. The van der Waals surface area contributed by atoms with Crippen LogP contribution in [0.1, 0.15) is 28.2 Å². The molecule has 1 N–H and O–H groups in total. The highest BCUT2D eigenvalue weighted by Crippen LogP contribution is 2.14. The average molecular weight is 333 g/mol. The third kappa shape index (κ3) is 3.98. The van der Waals surface area contributed by atoms with Gasteiger partial charge in [-0.05, 0) is 24.1 Å². The van der Waals surface area contributed by atoms with Crippen LogP contribution in [0.3, 0.4) is 0 Å². The highest BCUT2D eigenvalue weighted by Gasteiger charge is 2.21. The van der Waals surface area contributed by atoms with Crippen molar-refractivity contribution in [3.63, 3.8) is 0 Å². The van der Waals surface area contributed by atoms with Gasteiger partial charge < -0.3 is 9.88 Å². The van der Waals surface area contributed by atoms with Crippen LogP contribution in [0.25, 0.3) is 0 Å². The Bertz CT molecular complexity index is 827. The van der Waals surface area contributed by atoms with Crippen molar-refractivity contribution in [1.82, 2.24) is 14.9 Å². The quantitative estimate of drug-likeness (QED) is 0.911. The van der Waals surface area contributed by atoms with E-state index in [1.54, 1.807) is 30.5 Å². The summed E-state index contributed by atoms with van der Waals surface area (Å²) in [5.74, 6) is 0.815. The van der Waals surface area contributed by atoms with Gasteiger partial charge in [0, 0.05) is 43.2 Å². The van der Waals surface area contributed by atoms with E-state index in [0.29, 0.717) is 17.7 Å². The number of hydrogen-bond acceptors (Lipinski definition) is 4. The molecule has 1 aliphatic rings. The number of amides is 1. The molecule has 0 radical (unpaired) electrons. The summed E-state index contributed by atoms with van der Waals surface area (Å²) in [6.07, 6.45) is 6.57. The molecule has 2 heterocycles. The fourth-order valence-electron chi connectivity index (χ4n) is 2.86. The number of sulfone groups is 1. The van der Waals surface area contributed by atoms with Crippen molar-refractivity contribution >= 4 is 15.7 Å². The lowest BCUT2D eigenvalue weighted by atomic mass is 10.1. The first-order valence-corrected chi connectivity index (χ1v) is 9.54. The van der Waals surface area contributed by atoms with Gasteiger partial charge in [0.15, 0.2) is 9.84 Å². The molecule has 1 amide bonds. The van der Waals surface area contributed by atoms with E-state index >= 15 is 0 Å². The van der Waals surface area contributed by atoms with Crippen molar-refractivity contribution in [2.24, 2.45) is 0 Å². The molecule has 122 valence electrons. The number of fused-ring (bicyclic) bond motifs is 1. The molecule has 0 aliphatic carbocycles. The zero-order chi connectivity index (χ0) is 16.4. The van der Waals surface area contributed by atoms with Crippen LogP contribution in [-0.2, 0) is 28.6 Å². The van der Waals surface area contributed by atoms with Crippen molar-refractivity contribution in [3.8, 4) is 0 Å². The SMILES string of the molecule is CS(=O)(=O)Cc1cccc(C(=O)N[C@H]2CCc3nccn3C2)c1. The summed E-state index contributed by atoms with van der Waals surface area (Å²) in [6.45, 7) is 0.712. The van der Waals surface area contributed by atoms with Gasteiger partial charge in [-0.3, -0.25) is 4.79 Å². The Labute approximate surface area is 135 Å². The normalized spacial score (nSPS) is 17.5. The molecule has 1 aromatic heterocycles. The fourth-order valence-corrected chi connectivity index (χ4v) is 3.64. The number of nitrogens with zero attached hydrogens (tertiary/aromatic N) is 2. The number of hydrogen-bond donors (Lipinski definition) is 1. The maximum atomic E-state index is 12.4. The lowest BCUT2D eigenvalue weighted by Crippen LogP contribution is -2.40. The predicted octanol–water partition coefficient (Wildman–Crippen LogP) is 1.17. The number of carbonyl (C=O) groups is 1. The Balaban J connectivity index is 1.68. The van der Waals surface area contributed by atoms with E-state index in [-0.39, 0.29) is 17.7 Å². The molecular weight excluding hydrogens is 314 g/mol. The Kier molecular flexibility index (Phi) is 4.21. The zero-order valence-electron chi connectivity index (χ0n) is 12.9. The Morgan fingerprint density at radius 3 is 3.04 bits per heavy atom. The topological polar surface area (TPSA) is 81.1 Å². The molecule has 1 atom stereocenters. The van der Waals surface area contributed by atoms with Gasteiger partial charge in [0.25, 0.3) is 5.91 Å². The second-order valence-corrected chi connectivity index (χ2v) is 8.12. The monoisotopic (exact) mass is 333 g/mol. The highest BCUT2D eigenvalue weighted by atomic mass is 32.2. The zero-order valence-corrected chi connectivity index (χ0v) is 13.7. The van der Waals surface area contributed by atoms with Crippen LogP contribution in [0.2, 0.25) is 0 Å². The molecule has 3 rings (SSSR count). The van der Waals surface area contributed by atoms with Crippen molar-refractivity contribution < 1.29 is 13.2 Å². The van der Waals surface area contributed by atoms with Gasteiger partial charge in [-0.1, -0.05) is 12.1 Å². The molecule has 7 heteroatoms. The summed E-state index contributed by atoms with van der Waals surface area (Å²) in [5, 5.41) is 3.02. The molecular formula is C16H19N3O3S. The van der Waals surface area contributed by atoms with E-state index in [1.807, 2.05) is 6.20 Å². The minimum absolute atomic E-state index is 0.0581. The van der Waals surface area contributed by atoms with Crippen LogP contribution in [0.5, 0.6) is 0 Å². The molecule has 1 aromatic carbocycles. The van der Waals surface area contributed by atoms with Gasteiger partial charge in [0.2, 0.25) is 0 Å². The fraction of sp³-hybridized carbons (Fsp3) is 0.375. The summed E-state index contributed by atoms with van der Waals surface area (Å²) in [6, 6.07) is 6.83. The molecule has 0 spiro atoms. The van der Waals surface area contributed by atoms with E-state index in [4.69, 9.17) is 0 Å². The van der Waals surface area contributed by atoms with Crippen LogP contribution >= 0.6 is 0 Å². The molecule has 1 aliphatic heterocycles. The first-order chi connectivity index (χ1) is 10.9. The van der Waals surface area contributed by atoms with Gasteiger partial charge in [-0.15, -0.1) is 0 Å². The number of nitrogens with one attached hydrogen (secondary N) is 1. The second kappa shape index (κ2) is 6.16. The maximum absolute atomic E-state index is 12.4. The molecule has 23 heavy (non-hydrogen) atoms. The molecule has 0 fully saturated rings. The molecule has 6 nitrogen and oxygen atoms in total. The number of aromatic nitrogens is 2. The number of aryl methyl sites for hydroxylation is 1. The van der Waals surface area contributed by atoms with Gasteiger partial charge in [0.1, 0.15) is 5.82 Å². The summed E-state index contributed by atoms with van der Waals surface area (Å²) in [7, 11) is -3.12. The van der Waals surface area contributed by atoms with Crippen LogP contribution in [0, 0.1) is 0 Å². The van der Waals surface area contributed by atoms with Gasteiger partial charge in [0.05, 0.1) is 5.75 Å². The first-order valence-electron chi connectivity index (χ1n) is 7.48. The third-order valence-electron chi connectivity index (χ3n) is 3.89. The largest absolute Gasteiger partial charge is 0.347 e. The Morgan fingerprint density at radius 1 is 1.43 bits per heavy atom. The molecule has 0 saturated heterocycles. The molecule has 0 unspecified atom stereocenters. The van der Waals surface area contributed by atoms with Crippen molar-refractivity contribution in [2.75, 3.05) is 6.26 Å². The van der Waals surface area contributed by atoms with E-state index in [1.165, 1.54) is 6.26 Å². The number of carbonyl (C=O) groups excluding carboxylic acids is 1. The Hall–Kier alpha value is -2.15. The third-order valence-corrected chi connectivity index (χ3v) is 4.75. The number of benzene rings is 1. The van der Waals surface area contributed by atoms with Crippen LogP contribution in [-0.4, -0.2) is 36.2 Å². The van der Waals surface area contributed by atoms with E-state index in [0.717, 1.165) is 18.7 Å². The summed E-state index contributed by atoms with van der Waals surface area (Å²) in [4.78, 5) is 16.7. The molecule has 0 bridgehead atoms. The van der Waals surface area contributed by atoms with Crippen molar-refractivity contribution in [1.29, 1.82) is 0 Å². The van der Waals surface area contributed by atoms with E-state index in [9.17, 15) is 13.2 Å². The lowest BCUT2D eigenvalue weighted by molar-refractivity contribution is 0.0927. The lowest BCUT2D eigenvalue weighted by Gasteiger charge is -2.24. The standard InChI is InChI=1S/C16H19N3O3S/c1-23(21,22)11-12-3-2-4-13(9-12)16(20)18-14-5-6-15-17-7-8-19(15)10-14/h2-4,7-9,14H,5-6,10-11H2,1H3,(H,18,20)/t14-/m0/s1. The van der Waals surface area contributed by atoms with Gasteiger partial charge >= 0.3 is 0 Å². The summed E-state index contributed by atoms with van der Waals surface area (Å²) >= 11 is 0. The number of imidazole rings is 1. The van der Waals surface area contributed by atoms with E-state index < -0.39 is 9.84 Å². The minimum atomic E-state index is -3.12. The van der Waals surface area contributed by atoms with Crippen LogP contribution in [0.4, 0.5) is 0 Å². The summed E-state index contributed by atoms with van der Waals surface area (Å²) in [5.41, 5.74) is 1.11. The smallest absolute Gasteiger partial charge is 0.251 e. The van der Waals surface area contributed by atoms with Crippen molar-refractivity contribution in [3.05, 3.63) is 53.6 Å². The minimum Gasteiger partial charge on any atom is -0.347 e. The van der Waals surface area contributed by atoms with Crippen molar-refractivity contribution in [2.45, 2.75) is 31.2 Å². The predicted molar refractivity (Wildman–Crippen MR) is 86.8 cm³/mol. The molecule has 0 saturated carbocycles. The van der Waals surface area contributed by atoms with Gasteiger partial charge in [-0.2, -0.15) is 0 Å². The van der Waals surface area contributed by atoms with E-state index in [2.05, 4.69) is 14.9 Å². The maximum Gasteiger partial charge on any atom is 0.251 e. The summed E-state index contributed by atoms with van der Waals surface area (Å²) < 4.78 is 24.8. The van der Waals surface area contributed by atoms with Crippen LogP contribution < -0.4 is 5.32 Å². The average Bonchev–Trinajstić information content (AvgIpc) is 2.93. The van der Waals surface area contributed by atoms with Gasteiger partial charge in [-0.25, -0.2) is 13.4 Å².